The van der Waals surface area contributed by atoms with Crippen LogP contribution in [-0.2, 0) is 17.8 Å². The largest absolute Gasteiger partial charge is 0.481 e. The van der Waals surface area contributed by atoms with Gasteiger partial charge in [0, 0.05) is 18.3 Å². The Hall–Kier alpha value is -1.77. The van der Waals surface area contributed by atoms with Gasteiger partial charge in [0.15, 0.2) is 0 Å². The van der Waals surface area contributed by atoms with Crippen molar-refractivity contribution in [1.82, 2.24) is 4.57 Å². The van der Waals surface area contributed by atoms with Gasteiger partial charge >= 0.3 is 5.97 Å². The molecule has 0 saturated carbocycles. The van der Waals surface area contributed by atoms with Gasteiger partial charge in [0.1, 0.15) is 0 Å². The lowest BCUT2D eigenvalue weighted by atomic mass is 10.1. The quantitative estimate of drug-likeness (QED) is 0.879. The average Bonchev–Trinajstić information content (AvgIpc) is 2.59. The molecule has 0 unspecified atom stereocenters. The molecule has 0 saturated heterocycles. The first-order chi connectivity index (χ1) is 8.06. The van der Waals surface area contributed by atoms with Gasteiger partial charge in [-0.25, -0.2) is 0 Å². The molecule has 0 amide bonds. The third-order valence-corrected chi connectivity index (χ3v) is 2.75. The standard InChI is InChI=1S/C14H17NO2/c1-10(2)9-15-6-5-12-7-11(8-14(16)17)3-4-13(12)15/h3-7,10H,8-9H2,1-2H3,(H,16,17). The molecule has 3 nitrogen and oxygen atoms in total. The summed E-state index contributed by atoms with van der Waals surface area (Å²) in [6.07, 6.45) is 2.15. The highest BCUT2D eigenvalue weighted by molar-refractivity contribution is 5.82. The molecule has 0 spiro atoms. The first-order valence-electron chi connectivity index (χ1n) is 5.86. The van der Waals surface area contributed by atoms with Crippen LogP contribution in [-0.4, -0.2) is 15.6 Å². The Morgan fingerprint density at radius 2 is 2.12 bits per heavy atom. The zero-order valence-electron chi connectivity index (χ0n) is 10.2. The second-order valence-electron chi connectivity index (χ2n) is 4.83. The van der Waals surface area contributed by atoms with Gasteiger partial charge < -0.3 is 9.67 Å². The van der Waals surface area contributed by atoms with E-state index in [0.29, 0.717) is 5.92 Å². The minimum Gasteiger partial charge on any atom is -0.481 e. The van der Waals surface area contributed by atoms with Crippen LogP contribution in [0.2, 0.25) is 0 Å². The second kappa shape index (κ2) is 4.62. The summed E-state index contributed by atoms with van der Waals surface area (Å²) in [4.78, 5) is 10.7. The number of aromatic nitrogens is 1. The van der Waals surface area contributed by atoms with Crippen LogP contribution in [0, 0.1) is 5.92 Å². The van der Waals surface area contributed by atoms with E-state index in [9.17, 15) is 4.79 Å². The number of aliphatic carboxylic acids is 1. The van der Waals surface area contributed by atoms with Crippen molar-refractivity contribution in [3.05, 3.63) is 36.0 Å². The monoisotopic (exact) mass is 231 g/mol. The smallest absolute Gasteiger partial charge is 0.307 e. The van der Waals surface area contributed by atoms with E-state index >= 15 is 0 Å². The summed E-state index contributed by atoms with van der Waals surface area (Å²) >= 11 is 0. The number of carboxylic acids is 1. The summed E-state index contributed by atoms with van der Waals surface area (Å²) in [5.41, 5.74) is 2.03. The zero-order valence-corrected chi connectivity index (χ0v) is 10.2. The van der Waals surface area contributed by atoms with E-state index in [4.69, 9.17) is 5.11 Å². The molecule has 2 rings (SSSR count). The molecule has 0 aliphatic carbocycles. The normalized spacial score (nSPS) is 11.2. The number of benzene rings is 1. The van der Waals surface area contributed by atoms with Crippen LogP contribution < -0.4 is 0 Å². The molecule has 0 aliphatic rings. The Kier molecular flexibility index (Phi) is 3.18. The minimum atomic E-state index is -0.786. The van der Waals surface area contributed by atoms with Crippen LogP contribution in [0.5, 0.6) is 0 Å². The number of hydrogen-bond acceptors (Lipinski definition) is 1. The van der Waals surface area contributed by atoms with Gasteiger partial charge in [-0.2, -0.15) is 0 Å². The highest BCUT2D eigenvalue weighted by Crippen LogP contribution is 2.19. The molecule has 90 valence electrons. The van der Waals surface area contributed by atoms with Gasteiger partial charge in [-0.1, -0.05) is 19.9 Å². The van der Waals surface area contributed by atoms with Crippen LogP contribution in [0.25, 0.3) is 10.9 Å². The predicted octanol–water partition coefficient (Wildman–Crippen LogP) is 2.92. The number of fused-ring (bicyclic) bond motifs is 1. The van der Waals surface area contributed by atoms with Crippen molar-refractivity contribution in [2.45, 2.75) is 26.8 Å². The van der Waals surface area contributed by atoms with Crippen molar-refractivity contribution in [2.24, 2.45) is 5.92 Å². The van der Waals surface area contributed by atoms with E-state index < -0.39 is 5.97 Å². The Morgan fingerprint density at radius 3 is 2.76 bits per heavy atom. The molecule has 17 heavy (non-hydrogen) atoms. The SMILES string of the molecule is CC(C)Cn1ccc2cc(CC(=O)O)ccc21. The van der Waals surface area contributed by atoms with Crippen LogP contribution in [0.3, 0.4) is 0 Å². The van der Waals surface area contributed by atoms with Crippen molar-refractivity contribution < 1.29 is 9.90 Å². The third kappa shape index (κ3) is 2.67. The lowest BCUT2D eigenvalue weighted by Crippen LogP contribution is -2.03. The van der Waals surface area contributed by atoms with E-state index in [-0.39, 0.29) is 6.42 Å². The summed E-state index contributed by atoms with van der Waals surface area (Å²) in [5, 5.41) is 9.87. The fraction of sp³-hybridized carbons (Fsp3) is 0.357. The third-order valence-electron chi connectivity index (χ3n) is 2.75. The van der Waals surface area contributed by atoms with E-state index in [2.05, 4.69) is 24.6 Å². The molecule has 1 heterocycles. The second-order valence-corrected chi connectivity index (χ2v) is 4.83. The van der Waals surface area contributed by atoms with Crippen molar-refractivity contribution in [2.75, 3.05) is 0 Å². The highest BCUT2D eigenvalue weighted by atomic mass is 16.4. The molecule has 0 atom stereocenters. The Bertz CT molecular complexity index is 540. The van der Waals surface area contributed by atoms with Crippen molar-refractivity contribution in [1.29, 1.82) is 0 Å². The maximum absolute atomic E-state index is 10.7. The van der Waals surface area contributed by atoms with Crippen molar-refractivity contribution in [3.63, 3.8) is 0 Å². The molecule has 0 radical (unpaired) electrons. The van der Waals surface area contributed by atoms with Gasteiger partial charge in [0.05, 0.1) is 6.42 Å². The first kappa shape index (κ1) is 11.7. The van der Waals surface area contributed by atoms with Crippen LogP contribution in [0.15, 0.2) is 30.5 Å². The summed E-state index contributed by atoms with van der Waals surface area (Å²) in [7, 11) is 0. The van der Waals surface area contributed by atoms with Gasteiger partial charge in [-0.3, -0.25) is 4.79 Å². The molecular weight excluding hydrogens is 214 g/mol. The molecule has 3 heteroatoms. The topological polar surface area (TPSA) is 42.2 Å². The number of carboxylic acid groups (broad SMARTS) is 1. The van der Waals surface area contributed by atoms with E-state index in [0.717, 1.165) is 17.5 Å². The highest BCUT2D eigenvalue weighted by Gasteiger charge is 2.05. The molecule has 2 aromatic rings. The Morgan fingerprint density at radius 1 is 1.35 bits per heavy atom. The molecule has 0 aliphatic heterocycles. The maximum atomic E-state index is 10.7. The van der Waals surface area contributed by atoms with Gasteiger partial charge in [0.25, 0.3) is 0 Å². The predicted molar refractivity (Wildman–Crippen MR) is 68.1 cm³/mol. The number of rotatable bonds is 4. The fourth-order valence-corrected chi connectivity index (χ4v) is 2.09. The number of nitrogens with zero attached hydrogens (tertiary/aromatic N) is 1. The summed E-state index contributed by atoms with van der Waals surface area (Å²) in [6.45, 7) is 5.36. The molecule has 1 N–H and O–H groups in total. The average molecular weight is 231 g/mol. The van der Waals surface area contributed by atoms with Gasteiger partial charge in [0.2, 0.25) is 0 Å². The Balaban J connectivity index is 2.34. The molecular formula is C14H17NO2. The van der Waals surface area contributed by atoms with E-state index in [1.165, 1.54) is 5.52 Å². The number of hydrogen-bond donors (Lipinski definition) is 1. The van der Waals surface area contributed by atoms with Crippen LogP contribution >= 0.6 is 0 Å². The lowest BCUT2D eigenvalue weighted by molar-refractivity contribution is -0.136. The van der Waals surface area contributed by atoms with Crippen LogP contribution in [0.1, 0.15) is 19.4 Å². The summed E-state index contributed by atoms with van der Waals surface area (Å²) < 4.78 is 2.21. The molecule has 1 aromatic heterocycles. The van der Waals surface area contributed by atoms with Crippen molar-refractivity contribution >= 4 is 16.9 Å². The molecule has 1 aromatic carbocycles. The first-order valence-corrected chi connectivity index (χ1v) is 5.86. The zero-order chi connectivity index (χ0) is 12.4. The maximum Gasteiger partial charge on any atom is 0.307 e. The summed E-state index contributed by atoms with van der Waals surface area (Å²) in [6, 6.07) is 7.91. The lowest BCUT2D eigenvalue weighted by Gasteiger charge is -2.08. The van der Waals surface area contributed by atoms with E-state index in [1.54, 1.807) is 0 Å². The van der Waals surface area contributed by atoms with E-state index in [1.807, 2.05) is 24.3 Å². The number of carbonyl (C=O) groups is 1. The molecule has 0 bridgehead atoms. The van der Waals surface area contributed by atoms with Gasteiger partial charge in [-0.05, 0) is 35.1 Å². The van der Waals surface area contributed by atoms with Crippen LogP contribution in [0.4, 0.5) is 0 Å². The van der Waals surface area contributed by atoms with Crippen molar-refractivity contribution in [3.8, 4) is 0 Å². The molecule has 0 fully saturated rings. The fourth-order valence-electron chi connectivity index (χ4n) is 2.09. The Labute approximate surface area is 101 Å². The summed E-state index contributed by atoms with van der Waals surface area (Å²) in [5.74, 6) is -0.185. The minimum absolute atomic E-state index is 0.0886. The van der Waals surface area contributed by atoms with Gasteiger partial charge in [-0.15, -0.1) is 0 Å².